The Hall–Kier alpha value is -1.80. The zero-order valence-corrected chi connectivity index (χ0v) is 7.58. The third-order valence-electron chi connectivity index (χ3n) is 1.52. The highest BCUT2D eigenvalue weighted by Gasteiger charge is 2.40. The van der Waals surface area contributed by atoms with E-state index in [1.54, 1.807) is 5.32 Å². The van der Waals surface area contributed by atoms with Crippen molar-refractivity contribution in [1.82, 2.24) is 4.98 Å². The maximum absolute atomic E-state index is 12.4. The Morgan fingerprint density at radius 2 is 2.25 bits per heavy atom. The van der Waals surface area contributed by atoms with Crippen molar-refractivity contribution >= 4 is 12.0 Å². The molecule has 1 heterocycles. The first-order valence-corrected chi connectivity index (χ1v) is 3.91. The summed E-state index contributed by atoms with van der Waals surface area (Å²) in [6.45, 7) is -1.40. The molecule has 2 N–H and O–H groups in total. The van der Waals surface area contributed by atoms with Gasteiger partial charge in [0.15, 0.2) is 5.69 Å². The molecule has 0 unspecified atom stereocenters. The number of carboxylic acid groups (broad SMARTS) is 1. The maximum atomic E-state index is 12.4. The lowest BCUT2D eigenvalue weighted by molar-refractivity contribution is -0.117. The van der Waals surface area contributed by atoms with E-state index in [0.717, 1.165) is 0 Å². The highest BCUT2D eigenvalue weighted by molar-refractivity contribution is 5.85. The lowest BCUT2D eigenvalue weighted by Crippen LogP contribution is -2.34. The van der Waals surface area contributed by atoms with Crippen molar-refractivity contribution < 1.29 is 31.9 Å². The number of carbonyl (C=O) groups is 1. The fraction of sp³-hybridized carbons (Fsp3) is 0.429. The molecular formula is C7H6F4N2O3. The van der Waals surface area contributed by atoms with E-state index in [0.29, 0.717) is 6.26 Å². The highest BCUT2D eigenvalue weighted by Crippen LogP contribution is 2.23. The number of nitrogens with zero attached hydrogens (tertiary/aromatic N) is 1. The van der Waals surface area contributed by atoms with Crippen molar-refractivity contribution in [2.45, 2.75) is 12.3 Å². The van der Waals surface area contributed by atoms with Gasteiger partial charge in [-0.05, 0) is 0 Å². The summed E-state index contributed by atoms with van der Waals surface area (Å²) in [5.41, 5.74) is -0.511. The number of hydrogen-bond acceptors (Lipinski definition) is 4. The van der Waals surface area contributed by atoms with Gasteiger partial charge in [-0.1, -0.05) is 0 Å². The minimum absolute atomic E-state index is 0.511. The van der Waals surface area contributed by atoms with Gasteiger partial charge in [-0.25, -0.2) is 13.6 Å². The number of aromatic nitrogens is 1. The molecule has 0 amide bonds. The summed E-state index contributed by atoms with van der Waals surface area (Å²) in [7, 11) is 0. The Labute approximate surface area is 86.1 Å². The largest absolute Gasteiger partial charge is 0.476 e. The molecule has 0 bridgehead atoms. The number of rotatable bonds is 5. The molecule has 0 saturated carbocycles. The molecule has 16 heavy (non-hydrogen) atoms. The van der Waals surface area contributed by atoms with Gasteiger partial charge in [0.05, 0.1) is 6.54 Å². The maximum Gasteiger partial charge on any atom is 0.357 e. The molecule has 0 radical (unpaired) electrons. The molecule has 0 aromatic carbocycles. The van der Waals surface area contributed by atoms with Crippen LogP contribution in [-0.2, 0) is 0 Å². The predicted octanol–water partition coefficient (Wildman–Crippen LogP) is 1.69. The summed E-state index contributed by atoms with van der Waals surface area (Å²) in [6.07, 6.45) is -3.13. The van der Waals surface area contributed by atoms with Gasteiger partial charge in [0.1, 0.15) is 6.26 Å². The average Bonchev–Trinajstić information content (AvgIpc) is 2.63. The van der Waals surface area contributed by atoms with Crippen LogP contribution < -0.4 is 5.32 Å². The molecule has 0 atom stereocenters. The molecule has 1 aromatic heterocycles. The fourth-order valence-electron chi connectivity index (χ4n) is 0.724. The van der Waals surface area contributed by atoms with E-state index >= 15 is 0 Å². The van der Waals surface area contributed by atoms with Crippen molar-refractivity contribution in [1.29, 1.82) is 0 Å². The number of alkyl halides is 4. The van der Waals surface area contributed by atoms with Crippen LogP contribution in [0.3, 0.4) is 0 Å². The minimum Gasteiger partial charge on any atom is -0.476 e. The van der Waals surface area contributed by atoms with Crippen molar-refractivity contribution in [2.24, 2.45) is 0 Å². The van der Waals surface area contributed by atoms with Crippen LogP contribution in [0, 0.1) is 0 Å². The van der Waals surface area contributed by atoms with E-state index in [1.807, 2.05) is 0 Å². The van der Waals surface area contributed by atoms with Crippen LogP contribution in [0.5, 0.6) is 0 Å². The second-order valence-corrected chi connectivity index (χ2v) is 2.76. The Morgan fingerprint density at radius 1 is 1.62 bits per heavy atom. The minimum atomic E-state index is -4.24. The number of halogens is 4. The van der Waals surface area contributed by atoms with Crippen LogP contribution in [0.25, 0.3) is 0 Å². The van der Waals surface area contributed by atoms with E-state index in [2.05, 4.69) is 9.40 Å². The summed E-state index contributed by atoms with van der Waals surface area (Å²) < 4.78 is 52.6. The van der Waals surface area contributed by atoms with Crippen LogP contribution in [0.1, 0.15) is 10.5 Å². The molecule has 1 aromatic rings. The van der Waals surface area contributed by atoms with Gasteiger partial charge in [0.25, 0.3) is 6.01 Å². The van der Waals surface area contributed by atoms with E-state index in [4.69, 9.17) is 5.11 Å². The number of oxazole rings is 1. The first-order valence-electron chi connectivity index (χ1n) is 3.91. The molecule has 0 aliphatic carbocycles. The Morgan fingerprint density at radius 3 is 2.69 bits per heavy atom. The SMILES string of the molecule is O=C(O)c1coc(NCC(F)(F)C(F)F)n1. The molecule has 0 aliphatic heterocycles. The lowest BCUT2D eigenvalue weighted by Gasteiger charge is -2.14. The molecule has 0 spiro atoms. The monoisotopic (exact) mass is 242 g/mol. The van der Waals surface area contributed by atoms with Crippen LogP contribution >= 0.6 is 0 Å². The molecule has 1 rings (SSSR count). The van der Waals surface area contributed by atoms with Crippen molar-refractivity contribution in [3.63, 3.8) is 0 Å². The van der Waals surface area contributed by atoms with Crippen LogP contribution in [0.4, 0.5) is 23.6 Å². The molecule has 9 heteroatoms. The van der Waals surface area contributed by atoms with Gasteiger partial charge in [-0.3, -0.25) is 0 Å². The van der Waals surface area contributed by atoms with Crippen molar-refractivity contribution in [3.8, 4) is 0 Å². The van der Waals surface area contributed by atoms with Gasteiger partial charge in [0, 0.05) is 0 Å². The number of hydrogen-bond donors (Lipinski definition) is 2. The van der Waals surface area contributed by atoms with E-state index < -0.39 is 36.6 Å². The lowest BCUT2D eigenvalue weighted by atomic mass is 10.3. The number of anilines is 1. The predicted molar refractivity (Wildman–Crippen MR) is 42.9 cm³/mol. The Balaban J connectivity index is 2.58. The van der Waals surface area contributed by atoms with Crippen molar-refractivity contribution in [3.05, 3.63) is 12.0 Å². The molecule has 5 nitrogen and oxygen atoms in total. The molecule has 0 fully saturated rings. The average molecular weight is 242 g/mol. The van der Waals surface area contributed by atoms with Crippen molar-refractivity contribution in [2.75, 3.05) is 11.9 Å². The van der Waals surface area contributed by atoms with Crippen LogP contribution in [-0.4, -0.2) is 35.0 Å². The van der Waals surface area contributed by atoms with Gasteiger partial charge in [-0.2, -0.15) is 13.8 Å². The fourth-order valence-corrected chi connectivity index (χ4v) is 0.724. The molecule has 0 saturated heterocycles. The zero-order chi connectivity index (χ0) is 12.3. The number of nitrogens with one attached hydrogen (secondary N) is 1. The zero-order valence-electron chi connectivity index (χ0n) is 7.58. The Kier molecular flexibility index (Phi) is 3.35. The summed E-state index contributed by atoms with van der Waals surface area (Å²) in [6, 6.07) is -0.558. The van der Waals surface area contributed by atoms with Gasteiger partial charge in [-0.15, -0.1) is 0 Å². The topological polar surface area (TPSA) is 75.4 Å². The van der Waals surface area contributed by atoms with Crippen LogP contribution in [0.15, 0.2) is 10.7 Å². The van der Waals surface area contributed by atoms with Gasteiger partial charge < -0.3 is 14.8 Å². The first-order chi connectivity index (χ1) is 7.33. The second-order valence-electron chi connectivity index (χ2n) is 2.76. The van der Waals surface area contributed by atoms with E-state index in [-0.39, 0.29) is 0 Å². The summed E-state index contributed by atoms with van der Waals surface area (Å²) in [5, 5.41) is 10.2. The molecule has 0 aliphatic rings. The van der Waals surface area contributed by atoms with Gasteiger partial charge in [0.2, 0.25) is 0 Å². The third kappa shape index (κ3) is 2.84. The quantitative estimate of drug-likeness (QED) is 0.768. The van der Waals surface area contributed by atoms with Crippen LogP contribution in [0.2, 0.25) is 0 Å². The molecular weight excluding hydrogens is 236 g/mol. The summed E-state index contributed by atoms with van der Waals surface area (Å²) in [5.74, 6) is -5.66. The first kappa shape index (κ1) is 12.3. The smallest absolute Gasteiger partial charge is 0.357 e. The van der Waals surface area contributed by atoms with Gasteiger partial charge >= 0.3 is 18.3 Å². The summed E-state index contributed by atoms with van der Waals surface area (Å²) >= 11 is 0. The number of aromatic carboxylic acids is 1. The summed E-state index contributed by atoms with van der Waals surface area (Å²) in [4.78, 5) is 13.5. The normalized spacial score (nSPS) is 11.8. The Bertz CT molecular complexity index is 379. The molecule has 90 valence electrons. The van der Waals surface area contributed by atoms with E-state index in [9.17, 15) is 22.4 Å². The third-order valence-corrected chi connectivity index (χ3v) is 1.52. The van der Waals surface area contributed by atoms with E-state index in [1.165, 1.54) is 0 Å². The number of carboxylic acids is 1. The standard InChI is InChI=1S/C7H6F4N2O3/c8-5(9)7(10,11)2-12-6-13-3(1-16-6)4(14)15/h1,5H,2H2,(H,12,13)(H,14,15). The highest BCUT2D eigenvalue weighted by atomic mass is 19.3. The second kappa shape index (κ2) is 4.37.